The molecule has 0 spiro atoms. The second-order valence-corrected chi connectivity index (χ2v) is 7.99. The van der Waals surface area contributed by atoms with Crippen LogP contribution in [0.5, 0.6) is 0 Å². The lowest BCUT2D eigenvalue weighted by molar-refractivity contribution is -0.0936. The molecular formula is C24H25N5O3. The SMILES string of the molecule is NC(=O)N1CCC(c2ncc(-c3ccccn3)n2C2OC=C(Cc3ccccc3)O2)CC1. The van der Waals surface area contributed by atoms with Crippen molar-refractivity contribution in [3.8, 4) is 11.4 Å². The van der Waals surface area contributed by atoms with Crippen LogP contribution in [0.1, 0.15) is 36.6 Å². The van der Waals surface area contributed by atoms with E-state index in [9.17, 15) is 4.79 Å². The van der Waals surface area contributed by atoms with Crippen LogP contribution in [0.15, 0.2) is 72.9 Å². The van der Waals surface area contributed by atoms with Gasteiger partial charge in [-0.25, -0.2) is 9.78 Å². The Labute approximate surface area is 186 Å². The molecule has 1 unspecified atom stereocenters. The number of aromatic nitrogens is 3. The quantitative estimate of drug-likeness (QED) is 0.663. The number of hydrogen-bond acceptors (Lipinski definition) is 5. The van der Waals surface area contributed by atoms with Crippen LogP contribution in [0.4, 0.5) is 4.79 Å². The average molecular weight is 431 g/mol. The Hall–Kier alpha value is -3.81. The lowest BCUT2D eigenvalue weighted by Crippen LogP contribution is -2.41. The van der Waals surface area contributed by atoms with Crippen LogP contribution in [-0.2, 0) is 15.9 Å². The fourth-order valence-electron chi connectivity index (χ4n) is 4.27. The monoisotopic (exact) mass is 431 g/mol. The molecule has 8 nitrogen and oxygen atoms in total. The van der Waals surface area contributed by atoms with E-state index in [2.05, 4.69) is 17.1 Å². The van der Waals surface area contributed by atoms with Crippen molar-refractivity contribution < 1.29 is 14.3 Å². The molecule has 4 heterocycles. The highest BCUT2D eigenvalue weighted by molar-refractivity contribution is 5.72. The zero-order chi connectivity index (χ0) is 21.9. The summed E-state index contributed by atoms with van der Waals surface area (Å²) in [6, 6.07) is 15.5. The number of allylic oxidation sites excluding steroid dienone is 1. The molecule has 0 radical (unpaired) electrons. The zero-order valence-corrected chi connectivity index (χ0v) is 17.6. The van der Waals surface area contributed by atoms with Crippen LogP contribution in [-0.4, -0.2) is 38.6 Å². The van der Waals surface area contributed by atoms with E-state index in [1.165, 1.54) is 0 Å². The van der Waals surface area contributed by atoms with Crippen molar-refractivity contribution in [3.05, 3.63) is 84.3 Å². The van der Waals surface area contributed by atoms with Gasteiger partial charge < -0.3 is 20.1 Å². The number of piperidine rings is 1. The standard InChI is InChI=1S/C24H25N5O3/c25-23(30)28-12-9-18(10-13-28)22-27-15-21(20-8-4-5-11-26-20)29(22)24-31-16-19(32-24)14-17-6-2-1-3-7-17/h1-8,11,15-16,18,24H,9-10,12-14H2,(H2,25,30). The van der Waals surface area contributed by atoms with Gasteiger partial charge in [-0.15, -0.1) is 0 Å². The lowest BCUT2D eigenvalue weighted by atomic mass is 9.96. The van der Waals surface area contributed by atoms with Crippen molar-refractivity contribution in [2.24, 2.45) is 5.73 Å². The smallest absolute Gasteiger partial charge is 0.332 e. The molecular weight excluding hydrogens is 406 g/mol. The van der Waals surface area contributed by atoms with E-state index >= 15 is 0 Å². The van der Waals surface area contributed by atoms with Gasteiger partial charge in [0.2, 0.25) is 0 Å². The van der Waals surface area contributed by atoms with Crippen molar-refractivity contribution in [2.75, 3.05) is 13.1 Å². The van der Waals surface area contributed by atoms with E-state index in [-0.39, 0.29) is 11.9 Å². The summed E-state index contributed by atoms with van der Waals surface area (Å²) >= 11 is 0. The number of benzene rings is 1. The molecule has 0 saturated carbocycles. The average Bonchev–Trinajstić information content (AvgIpc) is 3.47. The van der Waals surface area contributed by atoms with E-state index in [1.54, 1.807) is 17.4 Å². The maximum absolute atomic E-state index is 11.5. The van der Waals surface area contributed by atoms with Crippen LogP contribution in [0.25, 0.3) is 11.4 Å². The highest BCUT2D eigenvalue weighted by Gasteiger charge is 2.32. The Morgan fingerprint density at radius 2 is 1.84 bits per heavy atom. The zero-order valence-electron chi connectivity index (χ0n) is 17.6. The van der Waals surface area contributed by atoms with Gasteiger partial charge in [-0.2, -0.15) is 0 Å². The van der Waals surface area contributed by atoms with Gasteiger partial charge in [-0.05, 0) is 30.5 Å². The van der Waals surface area contributed by atoms with Crippen molar-refractivity contribution >= 4 is 6.03 Å². The number of urea groups is 1. The third-order valence-electron chi connectivity index (χ3n) is 5.92. The van der Waals surface area contributed by atoms with Crippen LogP contribution in [0, 0.1) is 0 Å². The number of amides is 2. The second-order valence-electron chi connectivity index (χ2n) is 7.99. The Morgan fingerprint density at radius 3 is 2.56 bits per heavy atom. The van der Waals surface area contributed by atoms with Gasteiger partial charge >= 0.3 is 12.4 Å². The van der Waals surface area contributed by atoms with Crippen LogP contribution >= 0.6 is 0 Å². The highest BCUT2D eigenvalue weighted by Crippen LogP contribution is 2.36. The summed E-state index contributed by atoms with van der Waals surface area (Å²) in [5, 5.41) is 0. The molecule has 1 saturated heterocycles. The van der Waals surface area contributed by atoms with E-state index in [0.29, 0.717) is 19.5 Å². The third-order valence-corrected chi connectivity index (χ3v) is 5.92. The fourth-order valence-corrected chi connectivity index (χ4v) is 4.27. The van der Waals surface area contributed by atoms with Crippen molar-refractivity contribution in [1.29, 1.82) is 0 Å². The van der Waals surface area contributed by atoms with E-state index in [4.69, 9.17) is 20.2 Å². The van der Waals surface area contributed by atoms with Gasteiger partial charge in [0.1, 0.15) is 17.8 Å². The van der Waals surface area contributed by atoms with Crippen LogP contribution < -0.4 is 5.73 Å². The van der Waals surface area contributed by atoms with Gasteiger partial charge in [-0.3, -0.25) is 9.55 Å². The minimum atomic E-state index is -0.655. The molecule has 5 rings (SSSR count). The summed E-state index contributed by atoms with van der Waals surface area (Å²) in [6.07, 6.45) is 6.80. The topological polar surface area (TPSA) is 95.5 Å². The van der Waals surface area contributed by atoms with Gasteiger partial charge in [0.25, 0.3) is 0 Å². The van der Waals surface area contributed by atoms with Gasteiger partial charge in [0.05, 0.1) is 17.6 Å². The Bertz CT molecular complexity index is 1110. The minimum absolute atomic E-state index is 0.161. The molecule has 1 aromatic carbocycles. The Balaban J connectivity index is 1.41. The molecule has 1 fully saturated rings. The molecule has 2 amide bonds. The van der Waals surface area contributed by atoms with Crippen LogP contribution in [0.2, 0.25) is 0 Å². The number of carbonyl (C=O) groups excluding carboxylic acids is 1. The maximum atomic E-state index is 11.5. The molecule has 8 heteroatoms. The predicted octanol–water partition coefficient (Wildman–Crippen LogP) is 3.79. The molecule has 1 atom stereocenters. The lowest BCUT2D eigenvalue weighted by Gasteiger charge is -2.31. The first-order chi connectivity index (χ1) is 15.7. The summed E-state index contributed by atoms with van der Waals surface area (Å²) in [6.45, 7) is 1.21. The number of imidazole rings is 1. The van der Waals surface area contributed by atoms with Gasteiger partial charge in [0, 0.05) is 31.6 Å². The molecule has 32 heavy (non-hydrogen) atoms. The first-order valence-corrected chi connectivity index (χ1v) is 10.8. The molecule has 0 bridgehead atoms. The fraction of sp³-hybridized carbons (Fsp3) is 0.292. The number of nitrogens with zero attached hydrogens (tertiary/aromatic N) is 4. The Kier molecular flexibility index (Phi) is 5.49. The highest BCUT2D eigenvalue weighted by atomic mass is 16.7. The molecule has 2 aliphatic rings. The van der Waals surface area contributed by atoms with Crippen molar-refractivity contribution in [3.63, 3.8) is 0 Å². The maximum Gasteiger partial charge on any atom is 0.332 e. The molecule has 164 valence electrons. The van der Waals surface area contributed by atoms with Crippen molar-refractivity contribution in [2.45, 2.75) is 31.6 Å². The second kappa shape index (κ2) is 8.74. The first kappa shape index (κ1) is 20.1. The number of ether oxygens (including phenoxy) is 2. The molecule has 0 aliphatic carbocycles. The summed E-state index contributed by atoms with van der Waals surface area (Å²) in [4.78, 5) is 22.4. The number of nitrogens with two attached hydrogens (primary N) is 1. The number of primary amides is 1. The summed E-state index contributed by atoms with van der Waals surface area (Å²) < 4.78 is 14.2. The minimum Gasteiger partial charge on any atom is -0.441 e. The largest absolute Gasteiger partial charge is 0.441 e. The number of rotatable bonds is 5. The molecule has 3 aromatic rings. The van der Waals surface area contributed by atoms with Gasteiger partial charge in [-0.1, -0.05) is 36.4 Å². The van der Waals surface area contributed by atoms with E-state index < -0.39 is 6.41 Å². The number of carbonyl (C=O) groups is 1. The normalized spacial score (nSPS) is 18.7. The van der Waals surface area contributed by atoms with Crippen molar-refractivity contribution in [1.82, 2.24) is 19.4 Å². The number of hydrogen-bond donors (Lipinski definition) is 1. The molecule has 2 N–H and O–H groups in total. The molecule has 2 aliphatic heterocycles. The summed E-state index contributed by atoms with van der Waals surface area (Å²) in [5.74, 6) is 1.79. The van der Waals surface area contributed by atoms with Crippen LogP contribution in [0.3, 0.4) is 0 Å². The van der Waals surface area contributed by atoms with Gasteiger partial charge in [0.15, 0.2) is 0 Å². The Morgan fingerprint density at radius 1 is 1.06 bits per heavy atom. The van der Waals surface area contributed by atoms with E-state index in [0.717, 1.165) is 41.4 Å². The number of pyridine rings is 1. The molecule has 2 aromatic heterocycles. The van der Waals surface area contributed by atoms with E-state index in [1.807, 2.05) is 47.2 Å². The predicted molar refractivity (Wildman–Crippen MR) is 118 cm³/mol. The summed E-state index contributed by atoms with van der Waals surface area (Å²) in [5.41, 5.74) is 8.23. The number of likely N-dealkylation sites (tertiary alicyclic amines) is 1. The first-order valence-electron chi connectivity index (χ1n) is 10.8. The summed E-state index contributed by atoms with van der Waals surface area (Å²) in [7, 11) is 0. The third kappa shape index (κ3) is 4.03.